The van der Waals surface area contributed by atoms with Gasteiger partial charge >= 0.3 is 0 Å². The van der Waals surface area contributed by atoms with Crippen molar-refractivity contribution in [3.8, 4) is 0 Å². The van der Waals surface area contributed by atoms with Crippen LogP contribution in [0, 0.1) is 0 Å². The summed E-state index contributed by atoms with van der Waals surface area (Å²) in [5, 5.41) is 6.92. The first-order valence-corrected chi connectivity index (χ1v) is 6.47. The van der Waals surface area contributed by atoms with Gasteiger partial charge in [0.25, 0.3) is 5.91 Å². The molecule has 2 rings (SSSR count). The van der Waals surface area contributed by atoms with E-state index in [1.165, 1.54) is 5.56 Å². The Balaban J connectivity index is 1.87. The Labute approximate surface area is 109 Å². The second kappa shape index (κ2) is 6.13. The minimum absolute atomic E-state index is 0.192. The van der Waals surface area contributed by atoms with Gasteiger partial charge in [-0.05, 0) is 40.9 Å². The molecule has 0 spiro atoms. The number of hydrogen-bond donors (Lipinski definition) is 3. The van der Waals surface area contributed by atoms with Crippen LogP contribution in [0.5, 0.6) is 0 Å². The maximum Gasteiger partial charge on any atom is 0.269 e. The van der Waals surface area contributed by atoms with Crippen molar-refractivity contribution in [3.05, 3.63) is 46.3 Å². The van der Waals surface area contributed by atoms with E-state index in [1.54, 1.807) is 29.5 Å². The van der Waals surface area contributed by atoms with E-state index in [2.05, 4.69) is 21.1 Å². The van der Waals surface area contributed by atoms with Crippen LogP contribution in [0.15, 0.2) is 35.0 Å². The van der Waals surface area contributed by atoms with Crippen LogP contribution in [-0.2, 0) is 6.42 Å². The molecule has 0 fully saturated rings. The quantitative estimate of drug-likeness (QED) is 0.562. The maximum absolute atomic E-state index is 11.8. The molecule has 1 amide bonds. The number of anilines is 1. The average molecular weight is 262 g/mol. The molecule has 0 aromatic carbocycles. The van der Waals surface area contributed by atoms with Crippen LogP contribution in [0.4, 0.5) is 5.82 Å². The Morgan fingerprint density at radius 1 is 1.39 bits per heavy atom. The first-order chi connectivity index (χ1) is 8.79. The molecule has 2 heterocycles. The second-order valence-electron chi connectivity index (χ2n) is 3.69. The van der Waals surface area contributed by atoms with Gasteiger partial charge in [0.2, 0.25) is 0 Å². The first kappa shape index (κ1) is 12.5. The van der Waals surface area contributed by atoms with Crippen molar-refractivity contribution in [3.63, 3.8) is 0 Å². The number of hydrazine groups is 1. The summed E-state index contributed by atoms with van der Waals surface area (Å²) in [6, 6.07) is 7.13. The van der Waals surface area contributed by atoms with Gasteiger partial charge in [0.1, 0.15) is 11.5 Å². The predicted octanol–water partition coefficient (Wildman–Crippen LogP) is 1.40. The Morgan fingerprint density at radius 2 is 2.28 bits per heavy atom. The molecule has 0 saturated heterocycles. The lowest BCUT2D eigenvalue weighted by Gasteiger charge is -2.05. The highest BCUT2D eigenvalue weighted by Gasteiger charge is 2.06. The van der Waals surface area contributed by atoms with Gasteiger partial charge < -0.3 is 10.7 Å². The van der Waals surface area contributed by atoms with Crippen LogP contribution in [0.25, 0.3) is 0 Å². The van der Waals surface area contributed by atoms with Gasteiger partial charge in [-0.25, -0.2) is 10.8 Å². The minimum Gasteiger partial charge on any atom is -0.350 e. The molecule has 2 aromatic heterocycles. The number of carbonyl (C=O) groups is 1. The van der Waals surface area contributed by atoms with Gasteiger partial charge in [0.05, 0.1) is 0 Å². The van der Waals surface area contributed by atoms with E-state index in [0.717, 1.165) is 6.42 Å². The summed E-state index contributed by atoms with van der Waals surface area (Å²) in [5.41, 5.74) is 4.00. The van der Waals surface area contributed by atoms with Crippen molar-refractivity contribution >= 4 is 23.1 Å². The Morgan fingerprint density at radius 3 is 3.00 bits per heavy atom. The third-order valence-electron chi connectivity index (χ3n) is 2.41. The summed E-state index contributed by atoms with van der Waals surface area (Å²) in [4.78, 5) is 15.9. The van der Waals surface area contributed by atoms with Crippen LogP contribution < -0.4 is 16.6 Å². The number of nitrogens with one attached hydrogen (secondary N) is 2. The van der Waals surface area contributed by atoms with Gasteiger partial charge in [-0.2, -0.15) is 11.3 Å². The molecule has 0 saturated carbocycles. The van der Waals surface area contributed by atoms with E-state index in [9.17, 15) is 4.79 Å². The number of nitrogens with two attached hydrogens (primary N) is 1. The van der Waals surface area contributed by atoms with Crippen LogP contribution in [0.2, 0.25) is 0 Å². The number of nitrogens with zero attached hydrogens (tertiary/aromatic N) is 1. The summed E-state index contributed by atoms with van der Waals surface area (Å²) in [5.74, 6) is 5.52. The zero-order chi connectivity index (χ0) is 12.8. The van der Waals surface area contributed by atoms with Gasteiger partial charge in [0, 0.05) is 6.54 Å². The number of thiophene rings is 1. The highest BCUT2D eigenvalue weighted by molar-refractivity contribution is 7.07. The SMILES string of the molecule is NNc1cccc(C(=O)NCCc2ccsc2)n1. The van der Waals surface area contributed by atoms with Crippen LogP contribution in [0.3, 0.4) is 0 Å². The summed E-state index contributed by atoms with van der Waals surface area (Å²) < 4.78 is 0. The highest BCUT2D eigenvalue weighted by Crippen LogP contribution is 2.06. The Hall–Kier alpha value is -1.92. The molecule has 0 aliphatic carbocycles. The van der Waals surface area contributed by atoms with E-state index < -0.39 is 0 Å². The van der Waals surface area contributed by atoms with Crippen molar-refractivity contribution in [2.45, 2.75) is 6.42 Å². The molecule has 18 heavy (non-hydrogen) atoms. The fourth-order valence-corrected chi connectivity index (χ4v) is 2.19. The molecule has 0 aliphatic rings. The molecular formula is C12H14N4OS. The summed E-state index contributed by atoms with van der Waals surface area (Å²) >= 11 is 1.65. The summed E-state index contributed by atoms with van der Waals surface area (Å²) in [6.07, 6.45) is 0.823. The first-order valence-electron chi connectivity index (χ1n) is 5.52. The lowest BCUT2D eigenvalue weighted by molar-refractivity contribution is 0.0949. The molecule has 2 aromatic rings. The molecule has 0 atom stereocenters. The van der Waals surface area contributed by atoms with Gasteiger partial charge in [-0.1, -0.05) is 6.07 Å². The van der Waals surface area contributed by atoms with Gasteiger partial charge in [-0.3, -0.25) is 4.79 Å². The molecule has 0 unspecified atom stereocenters. The van der Waals surface area contributed by atoms with E-state index in [1.807, 2.05) is 11.4 Å². The average Bonchev–Trinajstić information content (AvgIpc) is 2.92. The van der Waals surface area contributed by atoms with Crippen LogP contribution in [-0.4, -0.2) is 17.4 Å². The summed E-state index contributed by atoms with van der Waals surface area (Å²) in [6.45, 7) is 0.595. The third-order valence-corrected chi connectivity index (χ3v) is 3.14. The molecule has 6 heteroatoms. The molecular weight excluding hydrogens is 248 g/mol. The van der Waals surface area contributed by atoms with Crippen LogP contribution in [0.1, 0.15) is 16.1 Å². The van der Waals surface area contributed by atoms with E-state index >= 15 is 0 Å². The van der Waals surface area contributed by atoms with E-state index in [0.29, 0.717) is 18.1 Å². The Kier molecular flexibility index (Phi) is 4.27. The normalized spacial score (nSPS) is 10.1. The molecule has 5 nitrogen and oxygen atoms in total. The minimum atomic E-state index is -0.192. The number of hydrogen-bond acceptors (Lipinski definition) is 5. The van der Waals surface area contributed by atoms with Crippen molar-refractivity contribution in [2.75, 3.05) is 12.0 Å². The Bertz CT molecular complexity index is 513. The highest BCUT2D eigenvalue weighted by atomic mass is 32.1. The predicted molar refractivity (Wildman–Crippen MR) is 72.4 cm³/mol. The second-order valence-corrected chi connectivity index (χ2v) is 4.47. The number of nitrogen functional groups attached to an aromatic ring is 1. The molecule has 4 N–H and O–H groups in total. The number of carbonyl (C=O) groups excluding carboxylic acids is 1. The van der Waals surface area contributed by atoms with Crippen molar-refractivity contribution in [2.24, 2.45) is 5.84 Å². The van der Waals surface area contributed by atoms with Gasteiger partial charge in [0.15, 0.2) is 0 Å². The topological polar surface area (TPSA) is 80.0 Å². The maximum atomic E-state index is 11.8. The zero-order valence-corrected chi connectivity index (χ0v) is 10.5. The molecule has 0 radical (unpaired) electrons. The van der Waals surface area contributed by atoms with E-state index in [4.69, 9.17) is 5.84 Å². The fourth-order valence-electron chi connectivity index (χ4n) is 1.49. The van der Waals surface area contributed by atoms with Gasteiger partial charge in [-0.15, -0.1) is 0 Å². The largest absolute Gasteiger partial charge is 0.350 e. The molecule has 0 aliphatic heterocycles. The van der Waals surface area contributed by atoms with Crippen LogP contribution >= 0.6 is 11.3 Å². The smallest absolute Gasteiger partial charge is 0.269 e. The van der Waals surface area contributed by atoms with Crippen molar-refractivity contribution in [1.29, 1.82) is 0 Å². The fraction of sp³-hybridized carbons (Fsp3) is 0.167. The monoisotopic (exact) mass is 262 g/mol. The number of pyridine rings is 1. The van der Waals surface area contributed by atoms with Crippen molar-refractivity contribution in [1.82, 2.24) is 10.3 Å². The van der Waals surface area contributed by atoms with Crippen molar-refractivity contribution < 1.29 is 4.79 Å². The standard InChI is InChI=1S/C12H14N4OS/c13-16-11-3-1-2-10(15-11)12(17)14-6-4-9-5-7-18-8-9/h1-3,5,7-8H,4,6,13H2,(H,14,17)(H,15,16). The number of rotatable bonds is 5. The summed E-state index contributed by atoms with van der Waals surface area (Å²) in [7, 11) is 0. The lowest BCUT2D eigenvalue weighted by Crippen LogP contribution is -2.26. The number of amides is 1. The zero-order valence-electron chi connectivity index (χ0n) is 9.72. The van der Waals surface area contributed by atoms with E-state index in [-0.39, 0.29) is 5.91 Å². The molecule has 94 valence electrons. The number of aromatic nitrogens is 1. The lowest BCUT2D eigenvalue weighted by atomic mass is 10.2. The molecule has 0 bridgehead atoms. The third kappa shape index (κ3) is 3.28.